The van der Waals surface area contributed by atoms with Crippen molar-refractivity contribution in [3.05, 3.63) is 35.9 Å². The second kappa shape index (κ2) is 6.08. The van der Waals surface area contributed by atoms with E-state index in [1.165, 1.54) is 6.26 Å². The Morgan fingerprint density at radius 3 is 2.45 bits per heavy atom. The summed E-state index contributed by atoms with van der Waals surface area (Å²) in [4.78, 5) is 12.6. The molecule has 0 aliphatic heterocycles. The Kier molecular flexibility index (Phi) is 4.63. The van der Waals surface area contributed by atoms with Crippen LogP contribution in [0.4, 0.5) is 0 Å². The zero-order valence-electron chi connectivity index (χ0n) is 12.1. The number of rotatable bonds is 4. The number of carbonyl (C=O) groups excluding carboxylic acids is 1. The lowest BCUT2D eigenvalue weighted by Gasteiger charge is -2.28. The Morgan fingerprint density at radius 2 is 1.85 bits per heavy atom. The Labute approximate surface area is 121 Å². The van der Waals surface area contributed by atoms with Crippen LogP contribution in [0.5, 0.6) is 0 Å². The van der Waals surface area contributed by atoms with E-state index < -0.39 is 9.84 Å². The van der Waals surface area contributed by atoms with E-state index in [-0.39, 0.29) is 22.9 Å². The van der Waals surface area contributed by atoms with Crippen molar-refractivity contribution in [2.75, 3.05) is 6.26 Å². The summed E-state index contributed by atoms with van der Waals surface area (Å²) in [5.41, 5.74) is 1.01. The quantitative estimate of drug-likeness (QED) is 0.858. The minimum atomic E-state index is -3.03. The van der Waals surface area contributed by atoms with Crippen LogP contribution in [-0.4, -0.2) is 25.7 Å². The fourth-order valence-corrected chi connectivity index (χ4v) is 4.23. The van der Waals surface area contributed by atoms with Gasteiger partial charge in [-0.3, -0.25) is 4.79 Å². The van der Waals surface area contributed by atoms with Crippen molar-refractivity contribution < 1.29 is 13.2 Å². The monoisotopic (exact) mass is 294 g/mol. The third-order valence-corrected chi connectivity index (χ3v) is 6.00. The van der Waals surface area contributed by atoms with Crippen LogP contribution in [0, 0.1) is 5.92 Å². The molecule has 0 aromatic heterocycles. The van der Waals surface area contributed by atoms with Crippen LogP contribution in [-0.2, 0) is 14.6 Å². The summed E-state index contributed by atoms with van der Waals surface area (Å²) >= 11 is 0. The van der Waals surface area contributed by atoms with Crippen LogP contribution < -0.4 is 0 Å². The Hall–Kier alpha value is -1.16. The van der Waals surface area contributed by atoms with E-state index in [0.29, 0.717) is 12.8 Å². The Morgan fingerprint density at radius 1 is 1.20 bits per heavy atom. The molecule has 1 aliphatic carbocycles. The van der Waals surface area contributed by atoms with Crippen molar-refractivity contribution in [3.8, 4) is 0 Å². The van der Waals surface area contributed by atoms with Gasteiger partial charge in [0.25, 0.3) is 0 Å². The lowest BCUT2D eigenvalue weighted by atomic mass is 9.80. The molecule has 1 aromatic carbocycles. The zero-order chi connectivity index (χ0) is 14.8. The van der Waals surface area contributed by atoms with Gasteiger partial charge in [0.1, 0.15) is 15.6 Å². The molecule has 1 aromatic rings. The molecule has 2 rings (SSSR count). The maximum Gasteiger partial charge on any atom is 0.150 e. The molecule has 4 heteroatoms. The summed E-state index contributed by atoms with van der Waals surface area (Å²) in [5.74, 6) is -0.0808. The molecule has 1 aliphatic rings. The molecular formula is C16H22O3S. The molecule has 3 unspecified atom stereocenters. The number of sulfone groups is 1. The zero-order valence-corrected chi connectivity index (χ0v) is 12.9. The third kappa shape index (κ3) is 3.48. The largest absolute Gasteiger partial charge is 0.299 e. The van der Waals surface area contributed by atoms with Gasteiger partial charge < -0.3 is 0 Å². The molecule has 0 saturated heterocycles. The van der Waals surface area contributed by atoms with E-state index in [1.54, 1.807) is 0 Å². The van der Waals surface area contributed by atoms with Crippen LogP contribution in [0.3, 0.4) is 0 Å². The van der Waals surface area contributed by atoms with Gasteiger partial charge in [-0.05, 0) is 24.8 Å². The second-order valence-electron chi connectivity index (χ2n) is 5.85. The van der Waals surface area contributed by atoms with Gasteiger partial charge in [0, 0.05) is 18.1 Å². The fraction of sp³-hybridized carbons (Fsp3) is 0.562. The fourth-order valence-electron chi connectivity index (χ4n) is 3.05. The van der Waals surface area contributed by atoms with Gasteiger partial charge in [0.05, 0.1) is 5.25 Å². The van der Waals surface area contributed by atoms with Crippen molar-refractivity contribution in [1.82, 2.24) is 0 Å². The number of ketones is 1. The van der Waals surface area contributed by atoms with Gasteiger partial charge in [-0.2, -0.15) is 0 Å². The highest BCUT2D eigenvalue weighted by atomic mass is 32.2. The molecule has 1 fully saturated rings. The van der Waals surface area contributed by atoms with Gasteiger partial charge >= 0.3 is 0 Å². The summed E-state index contributed by atoms with van der Waals surface area (Å²) in [6.45, 7) is 1.92. The molecule has 0 N–H and O–H groups in total. The summed E-state index contributed by atoms with van der Waals surface area (Å²) in [6.07, 6.45) is 4.12. The molecule has 0 spiro atoms. The molecule has 3 nitrogen and oxygen atoms in total. The first-order chi connectivity index (χ1) is 9.39. The number of Topliss-reactive ketones (excluding diaryl/α,β-unsaturated/α-hetero) is 1. The number of carbonyl (C=O) groups is 1. The molecule has 3 atom stereocenters. The van der Waals surface area contributed by atoms with Crippen molar-refractivity contribution in [2.24, 2.45) is 5.92 Å². The Bertz CT molecular complexity index is 563. The van der Waals surface area contributed by atoms with Gasteiger partial charge in [-0.25, -0.2) is 8.42 Å². The average Bonchev–Trinajstić information content (AvgIpc) is 2.46. The first-order valence-corrected chi connectivity index (χ1v) is 9.12. The lowest BCUT2D eigenvalue weighted by molar-refractivity contribution is -0.124. The van der Waals surface area contributed by atoms with E-state index in [2.05, 4.69) is 0 Å². The average molecular weight is 294 g/mol. The molecule has 0 amide bonds. The summed E-state index contributed by atoms with van der Waals surface area (Å²) < 4.78 is 23.4. The Balaban J connectivity index is 2.09. The summed E-state index contributed by atoms with van der Waals surface area (Å²) in [6, 6.07) is 9.71. The normalized spacial score (nSPS) is 25.1. The van der Waals surface area contributed by atoms with Crippen LogP contribution in [0.15, 0.2) is 30.3 Å². The van der Waals surface area contributed by atoms with E-state index >= 15 is 0 Å². The molecule has 110 valence electrons. The maximum absolute atomic E-state index is 12.6. The van der Waals surface area contributed by atoms with Crippen molar-refractivity contribution in [3.63, 3.8) is 0 Å². The van der Waals surface area contributed by atoms with E-state index in [4.69, 9.17) is 0 Å². The number of hydrogen-bond acceptors (Lipinski definition) is 3. The third-order valence-electron chi connectivity index (χ3n) is 4.36. The lowest BCUT2D eigenvalue weighted by Crippen LogP contribution is -2.32. The predicted molar refractivity (Wildman–Crippen MR) is 80.5 cm³/mol. The highest BCUT2D eigenvalue weighted by Gasteiger charge is 2.34. The highest BCUT2D eigenvalue weighted by molar-refractivity contribution is 7.91. The minimum absolute atomic E-state index is 0.112. The molecule has 0 heterocycles. The first kappa shape index (κ1) is 15.2. The summed E-state index contributed by atoms with van der Waals surface area (Å²) in [7, 11) is -3.03. The molecular weight excluding hydrogens is 272 g/mol. The minimum Gasteiger partial charge on any atom is -0.299 e. The van der Waals surface area contributed by atoms with Gasteiger partial charge in [0.15, 0.2) is 0 Å². The number of hydrogen-bond donors (Lipinski definition) is 0. The van der Waals surface area contributed by atoms with E-state index in [0.717, 1.165) is 18.4 Å². The molecule has 0 bridgehead atoms. The van der Waals surface area contributed by atoms with Gasteiger partial charge in [-0.1, -0.05) is 43.7 Å². The topological polar surface area (TPSA) is 51.2 Å². The highest BCUT2D eigenvalue weighted by Crippen LogP contribution is 2.32. The standard InChI is InChI=1S/C16H22O3S/c1-12(13-7-4-3-5-8-13)16(17)14-9-6-10-15(11-14)20(2,18)19/h3-5,7-8,12,14-15H,6,9-11H2,1-2H3. The SMILES string of the molecule is CC(C(=O)C1CCCC(S(C)(=O)=O)C1)c1ccccc1. The van der Waals surface area contributed by atoms with Crippen LogP contribution in [0.25, 0.3) is 0 Å². The van der Waals surface area contributed by atoms with Crippen molar-refractivity contribution in [2.45, 2.75) is 43.8 Å². The summed E-state index contributed by atoms with van der Waals surface area (Å²) in [5, 5.41) is -0.340. The molecule has 0 radical (unpaired) electrons. The van der Waals surface area contributed by atoms with Crippen LogP contribution in [0.2, 0.25) is 0 Å². The molecule has 20 heavy (non-hydrogen) atoms. The van der Waals surface area contributed by atoms with Gasteiger partial charge in [0.2, 0.25) is 0 Å². The van der Waals surface area contributed by atoms with Crippen molar-refractivity contribution in [1.29, 1.82) is 0 Å². The molecule has 1 saturated carbocycles. The smallest absolute Gasteiger partial charge is 0.150 e. The van der Waals surface area contributed by atoms with Gasteiger partial charge in [-0.15, -0.1) is 0 Å². The van der Waals surface area contributed by atoms with Crippen LogP contribution >= 0.6 is 0 Å². The van der Waals surface area contributed by atoms with E-state index in [9.17, 15) is 13.2 Å². The second-order valence-corrected chi connectivity index (χ2v) is 8.18. The predicted octanol–water partition coefficient (Wildman–Crippen LogP) is 2.96. The van der Waals surface area contributed by atoms with Crippen LogP contribution in [0.1, 0.15) is 44.1 Å². The first-order valence-electron chi connectivity index (χ1n) is 7.17. The van der Waals surface area contributed by atoms with E-state index in [1.807, 2.05) is 37.3 Å². The number of benzene rings is 1. The van der Waals surface area contributed by atoms with Crippen molar-refractivity contribution >= 4 is 15.6 Å². The maximum atomic E-state index is 12.6.